The number of likely N-dealkylation sites (tertiary alicyclic amines) is 1. The van der Waals surface area contributed by atoms with Gasteiger partial charge < -0.3 is 9.80 Å². The van der Waals surface area contributed by atoms with E-state index in [-0.39, 0.29) is 17.9 Å². The van der Waals surface area contributed by atoms with Crippen molar-refractivity contribution < 1.29 is 4.79 Å². The minimum absolute atomic E-state index is 0.0635. The van der Waals surface area contributed by atoms with E-state index in [0.717, 1.165) is 62.7 Å². The molecule has 0 saturated carbocycles. The molecule has 29 heavy (non-hydrogen) atoms. The number of aryl methyl sites for hydroxylation is 2. The van der Waals surface area contributed by atoms with Gasteiger partial charge in [-0.25, -0.2) is 9.97 Å². The van der Waals surface area contributed by atoms with E-state index in [9.17, 15) is 4.79 Å². The number of carbonyl (C=O) groups is 1. The van der Waals surface area contributed by atoms with E-state index < -0.39 is 0 Å². The number of rotatable bonds is 4. The zero-order chi connectivity index (χ0) is 20.5. The van der Waals surface area contributed by atoms with Crippen LogP contribution in [-0.4, -0.2) is 62.1 Å². The predicted octanol–water partition coefficient (Wildman–Crippen LogP) is 2.64. The monoisotopic (exact) mass is 396 g/mol. The zero-order valence-corrected chi connectivity index (χ0v) is 18.1. The molecule has 1 saturated heterocycles. The third-order valence-electron chi connectivity index (χ3n) is 6.21. The van der Waals surface area contributed by atoms with Crippen LogP contribution in [0.1, 0.15) is 66.6 Å². The highest BCUT2D eigenvalue weighted by molar-refractivity contribution is 5.76. The molecular formula is C22H32N6O. The first-order valence-electron chi connectivity index (χ1n) is 10.7. The third-order valence-corrected chi connectivity index (χ3v) is 6.21. The number of amides is 1. The standard InChI is InChI=1S/C22H32N6O/c1-15-10-16(2)28(25-15)17(3)11-21(29)27-8-5-6-18(14-27)22-23-12-19-13-26(4)9-7-20(19)24-22/h10,12,17-18H,5-9,11,13-14H2,1-4H3/t17-,18+/m1/s1. The molecule has 0 unspecified atom stereocenters. The van der Waals surface area contributed by atoms with Crippen molar-refractivity contribution in [2.24, 2.45) is 0 Å². The number of hydrogen-bond acceptors (Lipinski definition) is 5. The van der Waals surface area contributed by atoms with E-state index in [2.05, 4.69) is 35.0 Å². The van der Waals surface area contributed by atoms with Gasteiger partial charge in [0.1, 0.15) is 5.82 Å². The summed E-state index contributed by atoms with van der Waals surface area (Å²) in [5, 5.41) is 4.54. The second kappa shape index (κ2) is 8.22. The van der Waals surface area contributed by atoms with Crippen LogP contribution in [0.15, 0.2) is 12.3 Å². The zero-order valence-electron chi connectivity index (χ0n) is 18.1. The molecule has 0 spiro atoms. The number of likely N-dealkylation sites (N-methyl/N-ethyl adjacent to an activating group) is 1. The Bertz CT molecular complexity index is 891. The molecule has 0 bridgehead atoms. The van der Waals surface area contributed by atoms with Gasteiger partial charge in [0.05, 0.1) is 11.7 Å². The average molecular weight is 397 g/mol. The molecule has 2 aliphatic rings. The molecule has 4 rings (SSSR count). The van der Waals surface area contributed by atoms with Crippen molar-refractivity contribution in [3.63, 3.8) is 0 Å². The lowest BCUT2D eigenvalue weighted by Gasteiger charge is -2.33. The molecule has 156 valence electrons. The minimum atomic E-state index is 0.0635. The van der Waals surface area contributed by atoms with Crippen molar-refractivity contribution in [2.75, 3.05) is 26.7 Å². The maximum atomic E-state index is 13.0. The largest absolute Gasteiger partial charge is 0.342 e. The summed E-state index contributed by atoms with van der Waals surface area (Å²) in [6, 6.07) is 2.12. The summed E-state index contributed by atoms with van der Waals surface area (Å²) in [6.07, 6.45) is 5.52. The van der Waals surface area contributed by atoms with Crippen LogP contribution >= 0.6 is 0 Å². The molecule has 7 nitrogen and oxygen atoms in total. The molecule has 2 aromatic rings. The molecule has 0 N–H and O–H groups in total. The molecule has 1 fully saturated rings. The van der Waals surface area contributed by atoms with Gasteiger partial charge in [-0.1, -0.05) is 0 Å². The summed E-state index contributed by atoms with van der Waals surface area (Å²) in [5.74, 6) is 1.35. The summed E-state index contributed by atoms with van der Waals surface area (Å²) in [4.78, 5) is 26.9. The van der Waals surface area contributed by atoms with Crippen molar-refractivity contribution in [3.8, 4) is 0 Å². The van der Waals surface area contributed by atoms with Crippen molar-refractivity contribution in [2.45, 2.75) is 65.0 Å². The number of hydrogen-bond donors (Lipinski definition) is 0. The Kier molecular flexibility index (Phi) is 5.67. The number of fused-ring (bicyclic) bond motifs is 1. The van der Waals surface area contributed by atoms with Crippen LogP contribution in [0.2, 0.25) is 0 Å². The molecule has 1 amide bonds. The maximum Gasteiger partial charge on any atom is 0.224 e. The van der Waals surface area contributed by atoms with Crippen LogP contribution in [0.4, 0.5) is 0 Å². The number of nitrogens with zero attached hydrogens (tertiary/aromatic N) is 6. The van der Waals surface area contributed by atoms with E-state index >= 15 is 0 Å². The number of piperidine rings is 1. The van der Waals surface area contributed by atoms with E-state index in [1.165, 1.54) is 11.3 Å². The third kappa shape index (κ3) is 4.34. The van der Waals surface area contributed by atoms with Crippen LogP contribution in [0.3, 0.4) is 0 Å². The molecule has 0 aliphatic carbocycles. The van der Waals surface area contributed by atoms with Crippen LogP contribution < -0.4 is 0 Å². The summed E-state index contributed by atoms with van der Waals surface area (Å²) in [5.41, 5.74) is 4.53. The Morgan fingerprint density at radius 2 is 2.14 bits per heavy atom. The first-order chi connectivity index (χ1) is 13.9. The Balaban J connectivity index is 1.41. The second-order valence-electron chi connectivity index (χ2n) is 8.79. The summed E-state index contributed by atoms with van der Waals surface area (Å²) in [7, 11) is 2.13. The van der Waals surface area contributed by atoms with Crippen molar-refractivity contribution in [3.05, 3.63) is 40.7 Å². The first-order valence-corrected chi connectivity index (χ1v) is 10.7. The van der Waals surface area contributed by atoms with E-state index in [0.29, 0.717) is 6.42 Å². The molecule has 2 aliphatic heterocycles. The van der Waals surface area contributed by atoms with Crippen molar-refractivity contribution in [1.82, 2.24) is 29.5 Å². The Labute approximate surface area is 173 Å². The van der Waals surface area contributed by atoms with Crippen molar-refractivity contribution in [1.29, 1.82) is 0 Å². The fraction of sp³-hybridized carbons (Fsp3) is 0.636. The Morgan fingerprint density at radius 3 is 2.90 bits per heavy atom. The highest BCUT2D eigenvalue weighted by Crippen LogP contribution is 2.27. The van der Waals surface area contributed by atoms with Crippen LogP contribution in [0.5, 0.6) is 0 Å². The van der Waals surface area contributed by atoms with Gasteiger partial charge in [0.15, 0.2) is 0 Å². The van der Waals surface area contributed by atoms with Gasteiger partial charge in [0, 0.05) is 68.1 Å². The molecular weight excluding hydrogens is 364 g/mol. The minimum Gasteiger partial charge on any atom is -0.342 e. The van der Waals surface area contributed by atoms with E-state index in [1.54, 1.807) is 0 Å². The van der Waals surface area contributed by atoms with Gasteiger partial charge >= 0.3 is 0 Å². The van der Waals surface area contributed by atoms with Crippen LogP contribution in [-0.2, 0) is 17.8 Å². The van der Waals surface area contributed by atoms with Gasteiger partial charge in [-0.05, 0) is 46.7 Å². The fourth-order valence-corrected chi connectivity index (χ4v) is 4.64. The van der Waals surface area contributed by atoms with Gasteiger partial charge in [0.2, 0.25) is 5.91 Å². The summed E-state index contributed by atoms with van der Waals surface area (Å²) < 4.78 is 1.97. The molecule has 0 aromatic carbocycles. The summed E-state index contributed by atoms with van der Waals surface area (Å²) >= 11 is 0. The lowest BCUT2D eigenvalue weighted by molar-refractivity contribution is -0.133. The molecule has 0 radical (unpaired) electrons. The second-order valence-corrected chi connectivity index (χ2v) is 8.79. The SMILES string of the molecule is Cc1cc(C)n([C@H](C)CC(=O)N2CCC[C@H](c3ncc4c(n3)CCN(C)C4)C2)n1. The number of aromatic nitrogens is 4. The Morgan fingerprint density at radius 1 is 1.31 bits per heavy atom. The lowest BCUT2D eigenvalue weighted by atomic mass is 9.96. The van der Waals surface area contributed by atoms with Gasteiger partial charge in [0.25, 0.3) is 0 Å². The van der Waals surface area contributed by atoms with Crippen LogP contribution in [0, 0.1) is 13.8 Å². The maximum absolute atomic E-state index is 13.0. The first kappa shape index (κ1) is 20.0. The topological polar surface area (TPSA) is 67.2 Å². The van der Waals surface area contributed by atoms with Crippen LogP contribution in [0.25, 0.3) is 0 Å². The average Bonchev–Trinajstić information content (AvgIpc) is 3.05. The van der Waals surface area contributed by atoms with Gasteiger partial charge in [-0.3, -0.25) is 9.48 Å². The molecule has 4 heterocycles. The normalized spacial score (nSPS) is 21.1. The van der Waals surface area contributed by atoms with E-state index in [4.69, 9.17) is 4.98 Å². The molecule has 7 heteroatoms. The smallest absolute Gasteiger partial charge is 0.224 e. The molecule has 2 aromatic heterocycles. The lowest BCUT2D eigenvalue weighted by Crippen LogP contribution is -2.40. The Hall–Kier alpha value is -2.28. The predicted molar refractivity (Wildman–Crippen MR) is 112 cm³/mol. The van der Waals surface area contributed by atoms with Gasteiger partial charge in [-0.15, -0.1) is 0 Å². The van der Waals surface area contributed by atoms with Gasteiger partial charge in [-0.2, -0.15) is 5.10 Å². The van der Waals surface area contributed by atoms with E-state index in [1.807, 2.05) is 29.6 Å². The summed E-state index contributed by atoms with van der Waals surface area (Å²) in [6.45, 7) is 9.63. The highest BCUT2D eigenvalue weighted by Gasteiger charge is 2.28. The molecule has 2 atom stereocenters. The number of carbonyl (C=O) groups excluding carboxylic acids is 1. The fourth-order valence-electron chi connectivity index (χ4n) is 4.64. The quantitative estimate of drug-likeness (QED) is 0.795. The highest BCUT2D eigenvalue weighted by atomic mass is 16.2. The van der Waals surface area contributed by atoms with Crippen molar-refractivity contribution >= 4 is 5.91 Å².